The van der Waals surface area contributed by atoms with Gasteiger partial charge in [-0.05, 0) is 18.8 Å². The summed E-state index contributed by atoms with van der Waals surface area (Å²) in [5.41, 5.74) is 0.555. The number of fused-ring (bicyclic) bond motifs is 1. The van der Waals surface area contributed by atoms with Gasteiger partial charge in [-0.1, -0.05) is 12.5 Å². The van der Waals surface area contributed by atoms with Gasteiger partial charge in [0.25, 0.3) is 0 Å². The van der Waals surface area contributed by atoms with Gasteiger partial charge in [-0.25, -0.2) is 0 Å². The predicted molar refractivity (Wildman–Crippen MR) is 107 cm³/mol. The van der Waals surface area contributed by atoms with Crippen LogP contribution in [0.4, 0.5) is 0 Å². The van der Waals surface area contributed by atoms with Crippen LogP contribution in [0.1, 0.15) is 40.0 Å². The first kappa shape index (κ1) is 24.3. The van der Waals surface area contributed by atoms with E-state index in [0.29, 0.717) is 5.57 Å². The highest BCUT2D eigenvalue weighted by molar-refractivity contribution is 6.00. The largest absolute Gasteiger partial charge is 0.463 e. The highest BCUT2D eigenvalue weighted by atomic mass is 16.7. The fourth-order valence-corrected chi connectivity index (χ4v) is 4.64. The normalized spacial score (nSPS) is 33.9. The first-order chi connectivity index (χ1) is 15.2. The Balaban J connectivity index is 1.84. The number of hydrogen-bond acceptors (Lipinski definition) is 10. The summed E-state index contributed by atoms with van der Waals surface area (Å²) in [5.74, 6) is -1.49. The van der Waals surface area contributed by atoms with Crippen molar-refractivity contribution in [3.05, 3.63) is 11.6 Å². The standard InChI is InChI=1S/C22H30O10/c1-11(23)28-10-17-19(30-12(2)24)20(21(31-13(3)25)22(27-4)32-17)29-9-15-8-14-6-5-7-16(14)18(15)26/h8,14,16-17,19-22H,5-7,9-10H2,1-4H3/t14?,16?,17-,19+,20+,21-,22-/m1/s1. The van der Waals surface area contributed by atoms with Gasteiger partial charge in [0.1, 0.15) is 18.8 Å². The van der Waals surface area contributed by atoms with Crippen molar-refractivity contribution < 1.29 is 47.6 Å². The van der Waals surface area contributed by atoms with Gasteiger partial charge in [0.05, 0.1) is 6.61 Å². The van der Waals surface area contributed by atoms with E-state index in [9.17, 15) is 19.2 Å². The molecule has 0 bridgehead atoms. The molecule has 2 aliphatic carbocycles. The second kappa shape index (κ2) is 10.5. The molecule has 3 rings (SSSR count). The van der Waals surface area contributed by atoms with Crippen LogP contribution in [0.15, 0.2) is 11.6 Å². The zero-order valence-electron chi connectivity index (χ0n) is 18.7. The molecule has 10 heteroatoms. The molecule has 0 amide bonds. The van der Waals surface area contributed by atoms with Crippen LogP contribution in [0.3, 0.4) is 0 Å². The van der Waals surface area contributed by atoms with E-state index in [1.165, 1.54) is 27.9 Å². The Bertz CT molecular complexity index is 775. The van der Waals surface area contributed by atoms with Crippen molar-refractivity contribution in [1.29, 1.82) is 0 Å². The van der Waals surface area contributed by atoms with Crippen LogP contribution in [-0.4, -0.2) is 74.7 Å². The van der Waals surface area contributed by atoms with Crippen molar-refractivity contribution in [3.8, 4) is 0 Å². The van der Waals surface area contributed by atoms with Crippen LogP contribution < -0.4 is 0 Å². The van der Waals surface area contributed by atoms with Gasteiger partial charge in [0, 0.05) is 39.4 Å². The van der Waals surface area contributed by atoms with Crippen LogP contribution >= 0.6 is 0 Å². The molecule has 1 saturated heterocycles. The molecule has 2 fully saturated rings. The van der Waals surface area contributed by atoms with Gasteiger partial charge < -0.3 is 28.4 Å². The van der Waals surface area contributed by atoms with E-state index in [1.807, 2.05) is 6.08 Å². The molecule has 0 aromatic heterocycles. The molecule has 7 atom stereocenters. The van der Waals surface area contributed by atoms with Gasteiger partial charge in [0.2, 0.25) is 0 Å². The first-order valence-electron chi connectivity index (χ1n) is 10.7. The molecule has 32 heavy (non-hydrogen) atoms. The monoisotopic (exact) mass is 454 g/mol. The Kier molecular flexibility index (Phi) is 8.02. The SMILES string of the molecule is CO[C@@H]1O[C@H](COC(C)=O)[C@H](OC(C)=O)[C@H](OCC2=CC3CCCC3C2=O)[C@H]1OC(C)=O. The smallest absolute Gasteiger partial charge is 0.303 e. The van der Waals surface area contributed by atoms with E-state index in [2.05, 4.69) is 0 Å². The molecular weight excluding hydrogens is 424 g/mol. The molecule has 1 saturated carbocycles. The van der Waals surface area contributed by atoms with E-state index in [4.69, 9.17) is 28.4 Å². The van der Waals surface area contributed by atoms with E-state index in [-0.39, 0.29) is 30.8 Å². The highest BCUT2D eigenvalue weighted by Gasteiger charge is 2.51. The number of ketones is 1. The molecule has 178 valence electrons. The highest BCUT2D eigenvalue weighted by Crippen LogP contribution is 2.41. The maximum atomic E-state index is 12.7. The van der Waals surface area contributed by atoms with Crippen molar-refractivity contribution in [2.24, 2.45) is 11.8 Å². The maximum Gasteiger partial charge on any atom is 0.303 e. The van der Waals surface area contributed by atoms with Crippen LogP contribution in [0, 0.1) is 11.8 Å². The third kappa shape index (κ3) is 5.54. The number of rotatable bonds is 8. The second-order valence-corrected chi connectivity index (χ2v) is 8.26. The van der Waals surface area contributed by atoms with Gasteiger partial charge in [-0.15, -0.1) is 0 Å². The zero-order chi connectivity index (χ0) is 23.4. The van der Waals surface area contributed by atoms with E-state index >= 15 is 0 Å². The van der Waals surface area contributed by atoms with Crippen molar-refractivity contribution >= 4 is 23.7 Å². The molecule has 0 spiro atoms. The quantitative estimate of drug-likeness (QED) is 0.389. The summed E-state index contributed by atoms with van der Waals surface area (Å²) in [6.45, 7) is 3.41. The lowest BCUT2D eigenvalue weighted by Crippen LogP contribution is -2.62. The van der Waals surface area contributed by atoms with E-state index in [0.717, 1.165) is 19.3 Å². The Hall–Kier alpha value is -2.30. The molecule has 10 nitrogen and oxygen atoms in total. The summed E-state index contributed by atoms with van der Waals surface area (Å²) in [6, 6.07) is 0. The minimum Gasteiger partial charge on any atom is -0.463 e. The molecule has 2 unspecified atom stereocenters. The predicted octanol–water partition coefficient (Wildman–Crippen LogP) is 1.09. The van der Waals surface area contributed by atoms with Gasteiger partial charge in [-0.3, -0.25) is 19.2 Å². The Labute approximate surface area is 186 Å². The molecular formula is C22H30O10. The number of Topliss-reactive ketones (excluding diaryl/α,β-unsaturated/α-hetero) is 1. The summed E-state index contributed by atoms with van der Waals surface area (Å²) in [7, 11) is 1.36. The van der Waals surface area contributed by atoms with Gasteiger partial charge in [-0.2, -0.15) is 0 Å². The molecule has 1 aliphatic heterocycles. The average Bonchev–Trinajstić information content (AvgIpc) is 3.29. The molecule has 1 heterocycles. The number of carbonyl (C=O) groups is 4. The lowest BCUT2D eigenvalue weighted by atomic mass is 9.97. The maximum absolute atomic E-state index is 12.7. The van der Waals surface area contributed by atoms with Crippen LogP contribution in [0.5, 0.6) is 0 Å². The van der Waals surface area contributed by atoms with Crippen molar-refractivity contribution in [2.75, 3.05) is 20.3 Å². The van der Waals surface area contributed by atoms with Crippen LogP contribution in [0.2, 0.25) is 0 Å². The second-order valence-electron chi connectivity index (χ2n) is 8.26. The van der Waals surface area contributed by atoms with Crippen molar-refractivity contribution in [3.63, 3.8) is 0 Å². The average molecular weight is 454 g/mol. The van der Waals surface area contributed by atoms with Crippen LogP contribution in [0.25, 0.3) is 0 Å². The fraction of sp³-hybridized carbons (Fsp3) is 0.727. The van der Waals surface area contributed by atoms with E-state index in [1.54, 1.807) is 0 Å². The molecule has 0 aromatic carbocycles. The Morgan fingerprint density at radius 3 is 2.28 bits per heavy atom. The van der Waals surface area contributed by atoms with E-state index < -0.39 is 48.6 Å². The minimum absolute atomic E-state index is 0.000242. The number of hydrogen-bond donors (Lipinski definition) is 0. The molecule has 0 aromatic rings. The third-order valence-electron chi connectivity index (χ3n) is 5.95. The summed E-state index contributed by atoms with van der Waals surface area (Å²) in [6.07, 6.45) is -0.348. The molecule has 3 aliphatic rings. The van der Waals surface area contributed by atoms with Crippen molar-refractivity contribution in [2.45, 2.75) is 70.7 Å². The zero-order valence-corrected chi connectivity index (χ0v) is 18.7. The van der Waals surface area contributed by atoms with Crippen molar-refractivity contribution in [1.82, 2.24) is 0 Å². The Morgan fingerprint density at radius 2 is 1.69 bits per heavy atom. The van der Waals surface area contributed by atoms with Gasteiger partial charge in [0.15, 0.2) is 24.3 Å². The lowest BCUT2D eigenvalue weighted by Gasteiger charge is -2.44. The van der Waals surface area contributed by atoms with Gasteiger partial charge >= 0.3 is 17.9 Å². The number of allylic oxidation sites excluding steroid dienone is 1. The molecule has 0 radical (unpaired) electrons. The van der Waals surface area contributed by atoms with Crippen LogP contribution in [-0.2, 0) is 47.6 Å². The lowest BCUT2D eigenvalue weighted by molar-refractivity contribution is -0.305. The first-order valence-corrected chi connectivity index (χ1v) is 10.7. The summed E-state index contributed by atoms with van der Waals surface area (Å²) in [4.78, 5) is 47.6. The summed E-state index contributed by atoms with van der Waals surface area (Å²) in [5, 5.41) is 0. The summed E-state index contributed by atoms with van der Waals surface area (Å²) < 4.78 is 33.1. The third-order valence-corrected chi connectivity index (χ3v) is 5.95. The fourth-order valence-electron chi connectivity index (χ4n) is 4.64. The number of carbonyl (C=O) groups excluding carboxylic acids is 4. The minimum atomic E-state index is -1.08. The summed E-state index contributed by atoms with van der Waals surface area (Å²) >= 11 is 0. The number of esters is 3. The Morgan fingerprint density at radius 1 is 1.00 bits per heavy atom. The number of methoxy groups -OCH3 is 1. The number of ether oxygens (including phenoxy) is 6. The topological polar surface area (TPSA) is 124 Å². The molecule has 0 N–H and O–H groups in total.